The highest BCUT2D eigenvalue weighted by Crippen LogP contribution is 2.21. The smallest absolute Gasteiger partial charge is 0.249 e. The third-order valence-electron chi connectivity index (χ3n) is 5.32. The maximum absolute atomic E-state index is 12.9. The van der Waals surface area contributed by atoms with Crippen LogP contribution in [0, 0.1) is 0 Å². The number of nitrogens with zero attached hydrogens (tertiary/aromatic N) is 1. The number of carbonyl (C=O) groups excluding carboxylic acids is 1. The highest BCUT2D eigenvalue weighted by molar-refractivity contribution is 7.89. The molecule has 1 fully saturated rings. The number of hydrogen-bond donors (Lipinski definition) is 1. The van der Waals surface area contributed by atoms with Crippen LogP contribution in [0.2, 0.25) is 0 Å². The van der Waals surface area contributed by atoms with E-state index in [4.69, 9.17) is 9.47 Å². The molecule has 2 aromatic rings. The summed E-state index contributed by atoms with van der Waals surface area (Å²) >= 11 is 0. The maximum Gasteiger partial charge on any atom is 0.249 e. The number of ether oxygens (including phenoxy) is 2. The number of hydrogen-bond acceptors (Lipinski definition) is 5. The summed E-state index contributed by atoms with van der Waals surface area (Å²) in [7, 11) is -1.90. The van der Waals surface area contributed by atoms with Gasteiger partial charge in [0.15, 0.2) is 0 Å². The summed E-state index contributed by atoms with van der Waals surface area (Å²) in [5.74, 6) is 0.477. The lowest BCUT2D eigenvalue weighted by atomic mass is 10.2. The molecule has 1 atom stereocenters. The molecule has 1 saturated heterocycles. The maximum atomic E-state index is 12.9. The van der Waals surface area contributed by atoms with Crippen molar-refractivity contribution in [3.63, 3.8) is 0 Å². The molecule has 3 rings (SSSR count). The molecule has 0 spiro atoms. The average Bonchev–Trinajstić information content (AvgIpc) is 2.81. The van der Waals surface area contributed by atoms with Crippen molar-refractivity contribution in [3.05, 3.63) is 59.7 Å². The number of amides is 1. The van der Waals surface area contributed by atoms with E-state index in [9.17, 15) is 13.2 Å². The number of rotatable bonds is 9. The van der Waals surface area contributed by atoms with Gasteiger partial charge in [-0.2, -0.15) is 4.31 Å². The molecule has 1 amide bonds. The third kappa shape index (κ3) is 6.29. The molecule has 1 aliphatic rings. The highest BCUT2D eigenvalue weighted by atomic mass is 32.2. The first-order valence-electron chi connectivity index (χ1n) is 10.5. The van der Waals surface area contributed by atoms with Gasteiger partial charge in [-0.05, 0) is 55.2 Å². The fourth-order valence-electron chi connectivity index (χ4n) is 3.46. The molecule has 31 heavy (non-hydrogen) atoms. The lowest BCUT2D eigenvalue weighted by Crippen LogP contribution is -2.36. The van der Waals surface area contributed by atoms with Crippen LogP contribution in [0.15, 0.2) is 53.4 Å². The molecule has 0 bridgehead atoms. The second-order valence-electron chi connectivity index (χ2n) is 7.63. The monoisotopic (exact) mass is 446 g/mol. The molecule has 0 saturated carbocycles. The Hall–Kier alpha value is -2.42. The second kappa shape index (κ2) is 10.7. The minimum absolute atomic E-state index is 0.231. The Morgan fingerprint density at radius 1 is 1.06 bits per heavy atom. The number of piperidine rings is 1. The SMILES string of the molecule is COc1cccc(COC(C)C(=O)NCc2cccc(S(=O)(=O)N3CCCCC3)c2)c1. The second-order valence-corrected chi connectivity index (χ2v) is 9.57. The lowest BCUT2D eigenvalue weighted by molar-refractivity contribution is -0.132. The quantitative estimate of drug-likeness (QED) is 0.640. The minimum Gasteiger partial charge on any atom is -0.497 e. The normalized spacial score (nSPS) is 15.9. The summed E-state index contributed by atoms with van der Waals surface area (Å²) in [6.07, 6.45) is 2.20. The Balaban J connectivity index is 1.54. The van der Waals surface area contributed by atoms with Gasteiger partial charge in [0.25, 0.3) is 0 Å². The molecule has 7 nitrogen and oxygen atoms in total. The predicted molar refractivity (Wildman–Crippen MR) is 118 cm³/mol. The van der Waals surface area contributed by atoms with Crippen LogP contribution < -0.4 is 10.1 Å². The number of carbonyl (C=O) groups is 1. The van der Waals surface area contributed by atoms with E-state index in [-0.39, 0.29) is 24.0 Å². The number of methoxy groups -OCH3 is 1. The Bertz CT molecular complexity index is 987. The topological polar surface area (TPSA) is 84.9 Å². The van der Waals surface area contributed by atoms with Crippen molar-refractivity contribution in [3.8, 4) is 5.75 Å². The van der Waals surface area contributed by atoms with Crippen LogP contribution in [0.4, 0.5) is 0 Å². The Morgan fingerprint density at radius 3 is 2.52 bits per heavy atom. The molecule has 0 aliphatic carbocycles. The molecule has 0 aromatic heterocycles. The number of nitrogens with one attached hydrogen (secondary N) is 1. The van der Waals surface area contributed by atoms with Crippen LogP contribution in [-0.4, -0.2) is 44.9 Å². The summed E-state index contributed by atoms with van der Waals surface area (Å²) in [6, 6.07) is 14.2. The zero-order chi connectivity index (χ0) is 22.3. The van der Waals surface area contributed by atoms with E-state index < -0.39 is 16.1 Å². The van der Waals surface area contributed by atoms with E-state index in [1.165, 1.54) is 0 Å². The molecule has 2 aromatic carbocycles. The molecule has 1 heterocycles. The number of sulfonamides is 1. The van der Waals surface area contributed by atoms with Crippen molar-refractivity contribution in [2.45, 2.75) is 50.3 Å². The molecule has 0 radical (unpaired) electrons. The molecule has 1 unspecified atom stereocenters. The fraction of sp³-hybridized carbons (Fsp3) is 0.435. The van der Waals surface area contributed by atoms with Crippen molar-refractivity contribution in [1.29, 1.82) is 0 Å². The summed E-state index contributed by atoms with van der Waals surface area (Å²) in [4.78, 5) is 12.7. The minimum atomic E-state index is -3.50. The molecule has 1 N–H and O–H groups in total. The first kappa shape index (κ1) is 23.2. The Labute approximate surface area is 184 Å². The van der Waals surface area contributed by atoms with Gasteiger partial charge in [-0.15, -0.1) is 0 Å². The van der Waals surface area contributed by atoms with Crippen LogP contribution in [0.3, 0.4) is 0 Å². The van der Waals surface area contributed by atoms with E-state index in [0.29, 0.717) is 13.1 Å². The van der Waals surface area contributed by atoms with Gasteiger partial charge >= 0.3 is 0 Å². The average molecular weight is 447 g/mol. The van der Waals surface area contributed by atoms with Gasteiger partial charge in [-0.1, -0.05) is 30.7 Å². The summed E-state index contributed by atoms with van der Waals surface area (Å²) in [5, 5.41) is 2.82. The van der Waals surface area contributed by atoms with Gasteiger partial charge in [0.2, 0.25) is 15.9 Å². The summed E-state index contributed by atoms with van der Waals surface area (Å²) in [6.45, 7) is 3.33. The summed E-state index contributed by atoms with van der Waals surface area (Å²) in [5.41, 5.74) is 1.64. The van der Waals surface area contributed by atoms with Gasteiger partial charge in [0, 0.05) is 19.6 Å². The lowest BCUT2D eigenvalue weighted by Gasteiger charge is -2.26. The van der Waals surface area contributed by atoms with E-state index in [0.717, 1.165) is 36.1 Å². The van der Waals surface area contributed by atoms with E-state index in [2.05, 4.69) is 5.32 Å². The van der Waals surface area contributed by atoms with Crippen molar-refractivity contribution in [2.24, 2.45) is 0 Å². The first-order chi connectivity index (χ1) is 14.9. The molecular formula is C23H30N2O5S. The van der Waals surface area contributed by atoms with Gasteiger partial charge in [0.05, 0.1) is 18.6 Å². The highest BCUT2D eigenvalue weighted by Gasteiger charge is 2.26. The van der Waals surface area contributed by atoms with Crippen molar-refractivity contribution < 1.29 is 22.7 Å². The van der Waals surface area contributed by atoms with Crippen molar-refractivity contribution in [1.82, 2.24) is 9.62 Å². The zero-order valence-electron chi connectivity index (χ0n) is 18.0. The van der Waals surface area contributed by atoms with Gasteiger partial charge in [0.1, 0.15) is 11.9 Å². The molecule has 8 heteroatoms. The van der Waals surface area contributed by atoms with E-state index in [1.807, 2.05) is 24.3 Å². The van der Waals surface area contributed by atoms with Crippen LogP contribution in [-0.2, 0) is 32.7 Å². The molecule has 1 aliphatic heterocycles. The first-order valence-corrected chi connectivity index (χ1v) is 12.0. The largest absolute Gasteiger partial charge is 0.497 e. The van der Waals surface area contributed by atoms with E-state index in [1.54, 1.807) is 42.6 Å². The van der Waals surface area contributed by atoms with Crippen molar-refractivity contribution >= 4 is 15.9 Å². The number of benzene rings is 2. The zero-order valence-corrected chi connectivity index (χ0v) is 18.9. The van der Waals surface area contributed by atoms with Gasteiger partial charge in [-0.3, -0.25) is 4.79 Å². The molecular weight excluding hydrogens is 416 g/mol. The van der Waals surface area contributed by atoms with Crippen LogP contribution in [0.5, 0.6) is 5.75 Å². The fourth-order valence-corrected chi connectivity index (χ4v) is 5.05. The molecule has 168 valence electrons. The van der Waals surface area contributed by atoms with Crippen LogP contribution in [0.1, 0.15) is 37.3 Å². The third-order valence-corrected chi connectivity index (χ3v) is 7.22. The van der Waals surface area contributed by atoms with E-state index >= 15 is 0 Å². The van der Waals surface area contributed by atoms with Gasteiger partial charge in [-0.25, -0.2) is 8.42 Å². The summed E-state index contributed by atoms with van der Waals surface area (Å²) < 4.78 is 38.1. The Kier molecular flexibility index (Phi) is 8.06. The van der Waals surface area contributed by atoms with Crippen LogP contribution in [0.25, 0.3) is 0 Å². The van der Waals surface area contributed by atoms with Crippen LogP contribution >= 0.6 is 0 Å². The standard InChI is InChI=1S/C23H30N2O5S/c1-18(30-17-20-9-6-10-21(14-20)29-2)23(26)24-16-19-8-7-11-22(15-19)31(27,28)25-12-4-3-5-13-25/h6-11,14-15,18H,3-5,12-13,16-17H2,1-2H3,(H,24,26). The van der Waals surface area contributed by atoms with Gasteiger partial charge < -0.3 is 14.8 Å². The Morgan fingerprint density at radius 2 is 1.77 bits per heavy atom. The van der Waals surface area contributed by atoms with Crippen molar-refractivity contribution in [2.75, 3.05) is 20.2 Å². The predicted octanol–water partition coefficient (Wildman–Crippen LogP) is 3.09.